The Balaban J connectivity index is 0.000000235. The van der Waals surface area contributed by atoms with Gasteiger partial charge < -0.3 is 10.6 Å². The number of aryl methyl sites for hydroxylation is 2. The first-order valence-electron chi connectivity index (χ1n) is 13.3. The van der Waals surface area contributed by atoms with Gasteiger partial charge in [0.1, 0.15) is 28.8 Å². The van der Waals surface area contributed by atoms with Crippen LogP contribution >= 0.6 is 11.6 Å². The molecule has 5 aromatic rings. The molecule has 0 amide bonds. The normalized spacial score (nSPS) is 10.9. The molecule has 1 heterocycles. The van der Waals surface area contributed by atoms with E-state index in [4.69, 9.17) is 17.3 Å². The van der Waals surface area contributed by atoms with Gasteiger partial charge in [0.05, 0.1) is 14.8 Å². The summed E-state index contributed by atoms with van der Waals surface area (Å²) < 4.78 is 90.2. The van der Waals surface area contributed by atoms with Crippen LogP contribution in [0.15, 0.2) is 60.7 Å². The zero-order valence-corrected chi connectivity index (χ0v) is 25.9. The number of alkyl halides is 3. The fraction of sp³-hybridized carbons (Fsp3) is 0.138. The van der Waals surface area contributed by atoms with Gasteiger partial charge in [-0.3, -0.25) is 30.3 Å². The second kappa shape index (κ2) is 15.6. The molecule has 1 aromatic heterocycles. The van der Waals surface area contributed by atoms with Crippen molar-refractivity contribution in [2.24, 2.45) is 5.73 Å². The third-order valence-corrected chi connectivity index (χ3v) is 6.47. The number of hydrogen-bond acceptors (Lipinski definition) is 9. The number of benzene rings is 4. The Hall–Kier alpha value is -5.89. The molecule has 0 radical (unpaired) electrons. The second-order valence-electron chi connectivity index (χ2n) is 9.95. The maximum Gasteiger partial charge on any atom is 0.591 e. The molecule has 50 heavy (non-hydrogen) atoms. The average molecular weight is 733 g/mol. The van der Waals surface area contributed by atoms with Crippen molar-refractivity contribution < 1.29 is 50.3 Å². The Kier molecular flexibility index (Phi) is 12.0. The topological polar surface area (TPSA) is 182 Å². The first kappa shape index (κ1) is 38.6. The van der Waals surface area contributed by atoms with E-state index in [2.05, 4.69) is 9.82 Å². The van der Waals surface area contributed by atoms with Crippen LogP contribution in [0.25, 0.3) is 22.4 Å². The Morgan fingerprint density at radius 2 is 1.16 bits per heavy atom. The molecule has 0 aliphatic heterocycles. The predicted molar refractivity (Wildman–Crippen MR) is 163 cm³/mol. The zero-order chi connectivity index (χ0) is 37.7. The van der Waals surface area contributed by atoms with E-state index in [1.807, 2.05) is 0 Å². The molecule has 264 valence electrons. The Morgan fingerprint density at radius 3 is 1.58 bits per heavy atom. The second-order valence-corrected chi connectivity index (χ2v) is 10.3. The molecule has 4 aromatic carbocycles. The maximum atomic E-state index is 13.5. The maximum absolute atomic E-state index is 13.5. The lowest BCUT2D eigenvalue weighted by atomic mass is 10.2. The fourth-order valence-corrected chi connectivity index (χ4v) is 4.45. The van der Waals surface area contributed by atoms with E-state index >= 15 is 0 Å². The highest BCUT2D eigenvalue weighted by molar-refractivity contribution is 6.34. The molecule has 0 bridgehead atoms. The van der Waals surface area contributed by atoms with Gasteiger partial charge in [0.2, 0.25) is 0 Å². The fourth-order valence-electron chi connectivity index (χ4n) is 4.20. The Bertz CT molecular complexity index is 2040. The van der Waals surface area contributed by atoms with Crippen LogP contribution in [0.3, 0.4) is 0 Å². The highest BCUT2D eigenvalue weighted by Gasteiger charge is 2.35. The molecular weight excluding hydrogens is 713 g/mol. The molecule has 0 atom stereocenters. The number of nitro groups is 3. The summed E-state index contributed by atoms with van der Waals surface area (Å²) in [6.07, 6.45) is -5.17. The summed E-state index contributed by atoms with van der Waals surface area (Å²) in [5.41, 5.74) is 3.70. The number of nitro benzene ring substituents is 3. The van der Waals surface area contributed by atoms with Crippen LogP contribution < -0.4 is 10.6 Å². The number of non-ortho nitro benzene ring substituents is 1. The molecular formula is C29H20ClF7N6O7. The molecule has 21 heteroatoms. The van der Waals surface area contributed by atoms with E-state index in [0.29, 0.717) is 17.2 Å². The van der Waals surface area contributed by atoms with E-state index in [9.17, 15) is 61.1 Å². The SMILES string of the molecule is Cc1cc([N+](=O)[O-])c(Cl)c([N+](=O)[O-])c1.Cc1cc([N+](=O)[O-])c2nc(-c3cc(F)cc(F)c3)n(OC(F)(F)F)c2c1.NCc1cc(F)cc(F)c1. The highest BCUT2D eigenvalue weighted by Crippen LogP contribution is 2.35. The number of nitrogens with two attached hydrogens (primary N) is 1. The standard InChI is InChI=1S/C15H8F5N3O3.C7H5ClN2O4.C7H7F2N/c1-7-2-11-13(12(3-7)23(24)25)21-14(22(11)26-15(18,19)20)8-4-9(16)6-10(17)5-8;1-4-2-5(9(11)12)7(8)6(3-4)10(13)14;8-6-1-5(4-10)2-7(9)3-6/h2-6H,1H3;2-3H,1H3;1-3H,4,10H2. The minimum atomic E-state index is -5.17. The van der Waals surface area contributed by atoms with E-state index in [1.54, 1.807) is 0 Å². The van der Waals surface area contributed by atoms with Crippen LogP contribution in [0.2, 0.25) is 5.02 Å². The largest absolute Gasteiger partial charge is 0.591 e. The monoisotopic (exact) mass is 732 g/mol. The number of imidazole rings is 1. The van der Waals surface area contributed by atoms with Gasteiger partial charge in [0.15, 0.2) is 16.4 Å². The van der Waals surface area contributed by atoms with Gasteiger partial charge in [-0.05, 0) is 60.9 Å². The van der Waals surface area contributed by atoms with Crippen LogP contribution in [0, 0.1) is 67.5 Å². The van der Waals surface area contributed by atoms with Gasteiger partial charge in [-0.1, -0.05) is 11.6 Å². The van der Waals surface area contributed by atoms with Crippen molar-refractivity contribution in [2.45, 2.75) is 26.8 Å². The number of halogens is 8. The summed E-state index contributed by atoms with van der Waals surface area (Å²) >= 11 is 5.49. The molecule has 0 unspecified atom stereocenters. The number of fused-ring (bicyclic) bond motifs is 1. The van der Waals surface area contributed by atoms with E-state index < -0.39 is 77.8 Å². The van der Waals surface area contributed by atoms with Crippen molar-refractivity contribution in [1.29, 1.82) is 0 Å². The van der Waals surface area contributed by atoms with Gasteiger partial charge in [0, 0.05) is 42.4 Å². The molecule has 0 aliphatic carbocycles. The van der Waals surface area contributed by atoms with Gasteiger partial charge in [-0.15, -0.1) is 13.2 Å². The minimum Gasteiger partial charge on any atom is -0.326 e. The van der Waals surface area contributed by atoms with Crippen molar-refractivity contribution in [3.63, 3.8) is 0 Å². The Morgan fingerprint density at radius 1 is 0.740 bits per heavy atom. The highest BCUT2D eigenvalue weighted by atomic mass is 35.5. The average Bonchev–Trinajstić information content (AvgIpc) is 3.33. The van der Waals surface area contributed by atoms with Crippen molar-refractivity contribution in [1.82, 2.24) is 9.71 Å². The first-order chi connectivity index (χ1) is 23.2. The molecule has 2 N–H and O–H groups in total. The van der Waals surface area contributed by atoms with Crippen LogP contribution in [0.1, 0.15) is 16.7 Å². The summed E-state index contributed by atoms with van der Waals surface area (Å²) in [6.45, 7) is 3.11. The lowest BCUT2D eigenvalue weighted by molar-refractivity contribution is -0.394. The van der Waals surface area contributed by atoms with Gasteiger partial charge in [0.25, 0.3) is 17.1 Å². The van der Waals surface area contributed by atoms with Gasteiger partial charge >= 0.3 is 6.36 Å². The van der Waals surface area contributed by atoms with Crippen LogP contribution in [-0.2, 0) is 6.54 Å². The van der Waals surface area contributed by atoms with Gasteiger partial charge in [-0.25, -0.2) is 22.5 Å². The van der Waals surface area contributed by atoms with Crippen LogP contribution in [0.5, 0.6) is 0 Å². The van der Waals surface area contributed by atoms with Crippen molar-refractivity contribution in [2.75, 3.05) is 0 Å². The number of rotatable bonds is 6. The molecule has 0 aliphatic rings. The summed E-state index contributed by atoms with van der Waals surface area (Å²) in [6, 6.07) is 9.91. The summed E-state index contributed by atoms with van der Waals surface area (Å²) in [4.78, 5) is 37.4. The lowest BCUT2D eigenvalue weighted by Crippen LogP contribution is -2.27. The van der Waals surface area contributed by atoms with E-state index in [-0.39, 0.29) is 27.9 Å². The minimum absolute atomic E-state index is 0.161. The van der Waals surface area contributed by atoms with Crippen LogP contribution in [-0.4, -0.2) is 30.8 Å². The Labute approximate surface area is 279 Å². The van der Waals surface area contributed by atoms with Crippen molar-refractivity contribution >= 4 is 39.7 Å². The summed E-state index contributed by atoms with van der Waals surface area (Å²) in [7, 11) is 0. The number of hydrogen-bond donors (Lipinski definition) is 1. The number of aromatic nitrogens is 2. The molecule has 0 saturated heterocycles. The van der Waals surface area contributed by atoms with Crippen molar-refractivity contribution in [3.8, 4) is 11.4 Å². The zero-order valence-electron chi connectivity index (χ0n) is 25.2. The molecule has 0 spiro atoms. The van der Waals surface area contributed by atoms with Crippen molar-refractivity contribution in [3.05, 3.63) is 136 Å². The summed E-state index contributed by atoms with van der Waals surface area (Å²) in [5.74, 6) is -3.92. The lowest BCUT2D eigenvalue weighted by Gasteiger charge is -2.12. The third kappa shape index (κ3) is 9.82. The van der Waals surface area contributed by atoms with Crippen LogP contribution in [0.4, 0.5) is 47.8 Å². The molecule has 0 fully saturated rings. The molecule has 5 rings (SSSR count). The quantitative estimate of drug-likeness (QED) is 0.103. The molecule has 13 nitrogen and oxygen atoms in total. The predicted octanol–water partition coefficient (Wildman–Crippen LogP) is 8.03. The first-order valence-corrected chi connectivity index (χ1v) is 13.7. The summed E-state index contributed by atoms with van der Waals surface area (Å²) in [5, 5.41) is 31.6. The van der Waals surface area contributed by atoms with E-state index in [1.165, 1.54) is 44.2 Å². The number of nitrogens with zero attached hydrogens (tertiary/aromatic N) is 5. The molecule has 0 saturated carbocycles. The van der Waals surface area contributed by atoms with Gasteiger partial charge in [-0.2, -0.15) is 4.73 Å². The third-order valence-electron chi connectivity index (χ3n) is 6.09. The van der Waals surface area contributed by atoms with E-state index in [0.717, 1.165) is 24.3 Å². The smallest absolute Gasteiger partial charge is 0.326 e.